The molecular weight excluding hydrogens is 398 g/mol. The van der Waals surface area contributed by atoms with E-state index in [-0.39, 0.29) is 11.5 Å². The number of rotatable bonds is 6. The summed E-state index contributed by atoms with van der Waals surface area (Å²) >= 11 is 1.51. The first-order valence-electron chi connectivity index (χ1n) is 9.68. The summed E-state index contributed by atoms with van der Waals surface area (Å²) in [4.78, 5) is 31.7. The predicted molar refractivity (Wildman–Crippen MR) is 120 cm³/mol. The summed E-state index contributed by atoms with van der Waals surface area (Å²) < 4.78 is 7.13. The van der Waals surface area contributed by atoms with Gasteiger partial charge in [0, 0.05) is 10.6 Å². The Morgan fingerprint density at radius 2 is 1.83 bits per heavy atom. The van der Waals surface area contributed by atoms with E-state index in [0.717, 1.165) is 17.0 Å². The molecule has 2 heterocycles. The fraction of sp³-hybridized carbons (Fsp3) is 0.174. The van der Waals surface area contributed by atoms with Gasteiger partial charge in [0.25, 0.3) is 5.56 Å². The van der Waals surface area contributed by atoms with E-state index < -0.39 is 6.04 Å². The monoisotopic (exact) mass is 419 g/mol. The van der Waals surface area contributed by atoms with Crippen molar-refractivity contribution in [2.75, 3.05) is 5.32 Å². The molecular formula is C23H21N3O3S. The summed E-state index contributed by atoms with van der Waals surface area (Å²) in [7, 11) is 0. The molecule has 1 amide bonds. The number of anilines is 1. The van der Waals surface area contributed by atoms with Crippen LogP contribution < -0.4 is 15.6 Å². The van der Waals surface area contributed by atoms with Gasteiger partial charge in [0.1, 0.15) is 22.4 Å². The number of hydrogen-bond donors (Lipinski definition) is 1. The number of hydrogen-bond acceptors (Lipinski definition) is 5. The van der Waals surface area contributed by atoms with Gasteiger partial charge < -0.3 is 10.1 Å². The van der Waals surface area contributed by atoms with Crippen molar-refractivity contribution in [3.05, 3.63) is 82.2 Å². The lowest BCUT2D eigenvalue weighted by atomic mass is 10.2. The molecule has 1 unspecified atom stereocenters. The Labute approximate surface area is 177 Å². The lowest BCUT2D eigenvalue weighted by Crippen LogP contribution is -2.31. The highest BCUT2D eigenvalue weighted by atomic mass is 32.1. The lowest BCUT2D eigenvalue weighted by molar-refractivity contribution is -0.118. The molecule has 4 rings (SSSR count). The first-order valence-corrected chi connectivity index (χ1v) is 10.5. The number of para-hydroxylation sites is 1. The zero-order chi connectivity index (χ0) is 21.1. The second-order valence-corrected chi connectivity index (χ2v) is 7.96. The van der Waals surface area contributed by atoms with Gasteiger partial charge >= 0.3 is 0 Å². The number of ether oxygens (including phenoxy) is 1. The zero-order valence-electron chi connectivity index (χ0n) is 16.7. The first kappa shape index (κ1) is 19.8. The molecule has 0 aliphatic rings. The third-order valence-corrected chi connectivity index (χ3v) is 5.96. The summed E-state index contributed by atoms with van der Waals surface area (Å²) in [6, 6.07) is 17.7. The van der Waals surface area contributed by atoms with Gasteiger partial charge in [-0.15, -0.1) is 11.3 Å². The first-order chi connectivity index (χ1) is 14.5. The van der Waals surface area contributed by atoms with Gasteiger partial charge in [0.2, 0.25) is 5.91 Å². The number of carbonyl (C=O) groups excluding carboxylic acids is 1. The maximum Gasteiger partial charge on any atom is 0.262 e. The average Bonchev–Trinajstić information content (AvgIpc) is 3.20. The van der Waals surface area contributed by atoms with Crippen LogP contribution in [0, 0.1) is 0 Å². The van der Waals surface area contributed by atoms with Gasteiger partial charge in [-0.25, -0.2) is 4.98 Å². The minimum Gasteiger partial charge on any atom is -0.457 e. The third kappa shape index (κ3) is 4.11. The number of aromatic nitrogens is 2. The molecule has 0 saturated heterocycles. The quantitative estimate of drug-likeness (QED) is 0.477. The van der Waals surface area contributed by atoms with Crippen LogP contribution in [0.3, 0.4) is 0 Å². The SMILES string of the molecule is CCc1cc2c(=O)n(C(C)C(=O)Nc3ccc(Oc4ccccc4)cc3)cnc2s1. The van der Waals surface area contributed by atoms with Crippen molar-refractivity contribution < 1.29 is 9.53 Å². The second kappa shape index (κ2) is 8.51. The van der Waals surface area contributed by atoms with Crippen LogP contribution in [0.25, 0.3) is 10.2 Å². The van der Waals surface area contributed by atoms with Crippen molar-refractivity contribution in [2.45, 2.75) is 26.3 Å². The van der Waals surface area contributed by atoms with Crippen molar-refractivity contribution in [1.82, 2.24) is 9.55 Å². The molecule has 4 aromatic rings. The maximum absolute atomic E-state index is 12.8. The Hall–Kier alpha value is -3.45. The van der Waals surface area contributed by atoms with Crippen LogP contribution in [0.1, 0.15) is 24.8 Å². The summed E-state index contributed by atoms with van der Waals surface area (Å²) in [5, 5.41) is 3.40. The van der Waals surface area contributed by atoms with Crippen LogP contribution in [0.4, 0.5) is 5.69 Å². The number of carbonyl (C=O) groups is 1. The van der Waals surface area contributed by atoms with E-state index in [1.807, 2.05) is 43.3 Å². The normalized spacial score (nSPS) is 11.9. The van der Waals surface area contributed by atoms with Gasteiger partial charge in [-0.1, -0.05) is 25.1 Å². The molecule has 0 aliphatic carbocycles. The molecule has 0 spiro atoms. The van der Waals surface area contributed by atoms with E-state index in [4.69, 9.17) is 4.74 Å². The van der Waals surface area contributed by atoms with E-state index in [1.54, 1.807) is 31.2 Å². The average molecular weight is 420 g/mol. The van der Waals surface area contributed by atoms with Crippen molar-refractivity contribution in [2.24, 2.45) is 0 Å². The van der Waals surface area contributed by atoms with Crippen LogP contribution in [-0.4, -0.2) is 15.5 Å². The number of amides is 1. The van der Waals surface area contributed by atoms with Gasteiger partial charge in [0.05, 0.1) is 11.7 Å². The van der Waals surface area contributed by atoms with Gasteiger partial charge in [-0.2, -0.15) is 0 Å². The molecule has 0 fully saturated rings. The Morgan fingerprint density at radius 3 is 2.53 bits per heavy atom. The minimum absolute atomic E-state index is 0.204. The van der Waals surface area contributed by atoms with Gasteiger partial charge in [0.15, 0.2) is 0 Å². The number of aryl methyl sites for hydroxylation is 1. The Morgan fingerprint density at radius 1 is 1.13 bits per heavy atom. The van der Waals surface area contributed by atoms with Crippen molar-refractivity contribution in [3.63, 3.8) is 0 Å². The molecule has 6 nitrogen and oxygen atoms in total. The summed E-state index contributed by atoms with van der Waals surface area (Å²) in [6.45, 7) is 3.72. The molecule has 2 aromatic carbocycles. The molecule has 0 bridgehead atoms. The predicted octanol–water partition coefficient (Wildman–Crippen LogP) is 5.01. The molecule has 2 aromatic heterocycles. The summed E-state index contributed by atoms with van der Waals surface area (Å²) in [5.41, 5.74) is 0.420. The zero-order valence-corrected chi connectivity index (χ0v) is 17.5. The molecule has 7 heteroatoms. The van der Waals surface area contributed by atoms with Gasteiger partial charge in [-0.05, 0) is 55.8 Å². The minimum atomic E-state index is -0.695. The standard InChI is InChI=1S/C23H21N3O3S/c1-3-19-13-20-22(30-19)24-14-26(23(20)28)15(2)21(27)25-16-9-11-18(12-10-16)29-17-7-5-4-6-8-17/h4-15H,3H2,1-2H3,(H,25,27). The van der Waals surface area contributed by atoms with E-state index in [1.165, 1.54) is 22.2 Å². The number of nitrogens with zero attached hydrogens (tertiary/aromatic N) is 2. The summed E-state index contributed by atoms with van der Waals surface area (Å²) in [5.74, 6) is 1.12. The van der Waals surface area contributed by atoms with E-state index in [9.17, 15) is 9.59 Å². The van der Waals surface area contributed by atoms with Crippen LogP contribution in [0.2, 0.25) is 0 Å². The highest BCUT2D eigenvalue weighted by Crippen LogP contribution is 2.24. The Balaban J connectivity index is 1.47. The Kier molecular flexibility index (Phi) is 5.63. The number of thiophene rings is 1. The molecule has 1 N–H and O–H groups in total. The van der Waals surface area contributed by atoms with E-state index >= 15 is 0 Å². The molecule has 0 aliphatic heterocycles. The lowest BCUT2D eigenvalue weighted by Gasteiger charge is -2.15. The number of benzene rings is 2. The highest BCUT2D eigenvalue weighted by molar-refractivity contribution is 7.18. The van der Waals surface area contributed by atoms with Crippen molar-refractivity contribution in [1.29, 1.82) is 0 Å². The van der Waals surface area contributed by atoms with Crippen LogP contribution in [-0.2, 0) is 11.2 Å². The molecule has 1 atom stereocenters. The fourth-order valence-electron chi connectivity index (χ4n) is 3.04. The van der Waals surface area contributed by atoms with Crippen molar-refractivity contribution in [3.8, 4) is 11.5 Å². The van der Waals surface area contributed by atoms with Crippen LogP contribution in [0.15, 0.2) is 71.8 Å². The topological polar surface area (TPSA) is 73.2 Å². The van der Waals surface area contributed by atoms with Crippen LogP contribution >= 0.6 is 11.3 Å². The van der Waals surface area contributed by atoms with Crippen LogP contribution in [0.5, 0.6) is 11.5 Å². The largest absolute Gasteiger partial charge is 0.457 e. The van der Waals surface area contributed by atoms with E-state index in [0.29, 0.717) is 21.7 Å². The highest BCUT2D eigenvalue weighted by Gasteiger charge is 2.19. The molecule has 152 valence electrons. The molecule has 30 heavy (non-hydrogen) atoms. The maximum atomic E-state index is 12.8. The molecule has 0 saturated carbocycles. The number of nitrogens with one attached hydrogen (secondary N) is 1. The van der Waals surface area contributed by atoms with Crippen molar-refractivity contribution >= 4 is 33.1 Å². The second-order valence-electron chi connectivity index (χ2n) is 6.85. The molecule has 0 radical (unpaired) electrons. The fourth-order valence-corrected chi connectivity index (χ4v) is 3.97. The summed E-state index contributed by atoms with van der Waals surface area (Å²) in [6.07, 6.45) is 2.29. The Bertz CT molecular complexity index is 1230. The third-order valence-electron chi connectivity index (χ3n) is 4.77. The number of fused-ring (bicyclic) bond motifs is 1. The smallest absolute Gasteiger partial charge is 0.262 e. The van der Waals surface area contributed by atoms with E-state index in [2.05, 4.69) is 10.3 Å². The van der Waals surface area contributed by atoms with Gasteiger partial charge in [-0.3, -0.25) is 14.2 Å².